The van der Waals surface area contributed by atoms with Crippen LogP contribution in [0.1, 0.15) is 62.6 Å². The average Bonchev–Trinajstić information content (AvgIpc) is 2.64. The molecular weight excluding hydrogens is 344 g/mol. The predicted molar refractivity (Wildman–Crippen MR) is 105 cm³/mol. The van der Waals surface area contributed by atoms with Crippen LogP contribution in [-0.2, 0) is 16.0 Å². The summed E-state index contributed by atoms with van der Waals surface area (Å²) >= 11 is 0. The number of nitrogens with one attached hydrogen (secondary N) is 2. The van der Waals surface area contributed by atoms with Gasteiger partial charge in [0.1, 0.15) is 0 Å². The molecule has 0 spiro atoms. The fourth-order valence-electron chi connectivity index (χ4n) is 3.95. The van der Waals surface area contributed by atoms with Crippen LogP contribution in [-0.4, -0.2) is 48.2 Å². The van der Waals surface area contributed by atoms with Crippen molar-refractivity contribution in [2.45, 2.75) is 70.8 Å². The minimum Gasteiger partial charge on any atom is -0.378 e. The van der Waals surface area contributed by atoms with Crippen molar-refractivity contribution in [2.24, 2.45) is 0 Å². The van der Waals surface area contributed by atoms with Gasteiger partial charge in [0.2, 0.25) is 11.9 Å². The number of aryl methyl sites for hydroxylation is 1. The van der Waals surface area contributed by atoms with Crippen LogP contribution in [0.15, 0.2) is 4.79 Å². The third-order valence-electron chi connectivity index (χ3n) is 5.59. The molecular formula is C20H32N4O3. The molecule has 1 saturated carbocycles. The number of H-pyrrole nitrogens is 1. The number of aromatic amines is 1. The molecule has 2 N–H and O–H groups in total. The fourth-order valence-corrected chi connectivity index (χ4v) is 3.95. The lowest BCUT2D eigenvalue weighted by atomic mass is 9.96. The van der Waals surface area contributed by atoms with Gasteiger partial charge in [-0.2, -0.15) is 0 Å². The molecule has 3 rings (SSSR count). The summed E-state index contributed by atoms with van der Waals surface area (Å²) in [6.07, 6.45) is 9.13. The van der Waals surface area contributed by atoms with Crippen LogP contribution in [0, 0.1) is 6.92 Å². The number of aromatic nitrogens is 2. The largest absolute Gasteiger partial charge is 0.378 e. The van der Waals surface area contributed by atoms with Gasteiger partial charge in [0.25, 0.3) is 5.56 Å². The van der Waals surface area contributed by atoms with Gasteiger partial charge in [0.05, 0.1) is 13.2 Å². The Balaban J connectivity index is 1.55. The van der Waals surface area contributed by atoms with Gasteiger partial charge in [0, 0.05) is 36.8 Å². The molecule has 1 amide bonds. The number of rotatable bonds is 5. The number of anilines is 1. The summed E-state index contributed by atoms with van der Waals surface area (Å²) in [5.41, 5.74) is 1.18. The molecule has 0 atom stereocenters. The molecule has 27 heavy (non-hydrogen) atoms. The van der Waals surface area contributed by atoms with Crippen molar-refractivity contribution in [2.75, 3.05) is 31.2 Å². The standard InChI is InChI=1S/C20H32N4O3/c1-15-17(19(26)23-20(21-15)24-11-13-27-14-12-24)9-10-18(25)22-16-7-5-3-2-4-6-8-16/h16H,2-14H2,1H3,(H,22,25)(H,21,23,26). The third-order valence-corrected chi connectivity index (χ3v) is 5.59. The van der Waals surface area contributed by atoms with E-state index in [0.29, 0.717) is 49.3 Å². The first-order chi connectivity index (χ1) is 13.1. The molecule has 2 fully saturated rings. The van der Waals surface area contributed by atoms with E-state index >= 15 is 0 Å². The fraction of sp³-hybridized carbons (Fsp3) is 0.750. The number of amides is 1. The normalized spacial score (nSPS) is 19.4. The van der Waals surface area contributed by atoms with Crippen molar-refractivity contribution in [1.82, 2.24) is 15.3 Å². The molecule has 150 valence electrons. The van der Waals surface area contributed by atoms with Gasteiger partial charge in [-0.3, -0.25) is 14.6 Å². The number of nitrogens with zero attached hydrogens (tertiary/aromatic N) is 2. The van der Waals surface area contributed by atoms with Crippen molar-refractivity contribution in [3.8, 4) is 0 Å². The van der Waals surface area contributed by atoms with E-state index in [2.05, 4.69) is 15.3 Å². The maximum absolute atomic E-state index is 12.5. The highest BCUT2D eigenvalue weighted by molar-refractivity contribution is 5.76. The molecule has 0 unspecified atom stereocenters. The maximum atomic E-state index is 12.5. The summed E-state index contributed by atoms with van der Waals surface area (Å²) in [5, 5.41) is 3.17. The van der Waals surface area contributed by atoms with E-state index in [4.69, 9.17) is 4.74 Å². The molecule has 1 saturated heterocycles. The lowest BCUT2D eigenvalue weighted by Gasteiger charge is -2.27. The zero-order chi connectivity index (χ0) is 19.1. The molecule has 7 nitrogen and oxygen atoms in total. The highest BCUT2D eigenvalue weighted by atomic mass is 16.5. The molecule has 1 aromatic rings. The smallest absolute Gasteiger partial charge is 0.255 e. The minimum absolute atomic E-state index is 0.0385. The Labute approximate surface area is 160 Å². The molecule has 7 heteroatoms. The summed E-state index contributed by atoms with van der Waals surface area (Å²) in [6.45, 7) is 4.59. The van der Waals surface area contributed by atoms with Crippen molar-refractivity contribution in [3.63, 3.8) is 0 Å². The lowest BCUT2D eigenvalue weighted by Crippen LogP contribution is -2.39. The molecule has 0 bridgehead atoms. The van der Waals surface area contributed by atoms with Gasteiger partial charge in [-0.25, -0.2) is 4.98 Å². The Hall–Kier alpha value is -1.89. The Morgan fingerprint density at radius 2 is 1.85 bits per heavy atom. The van der Waals surface area contributed by atoms with Gasteiger partial charge < -0.3 is 15.0 Å². The maximum Gasteiger partial charge on any atom is 0.255 e. The van der Waals surface area contributed by atoms with Crippen LogP contribution in [0.4, 0.5) is 5.95 Å². The SMILES string of the molecule is Cc1nc(N2CCOCC2)[nH]c(=O)c1CCC(=O)NC1CCCCCCC1. The van der Waals surface area contributed by atoms with Crippen molar-refractivity contribution in [1.29, 1.82) is 0 Å². The summed E-state index contributed by atoms with van der Waals surface area (Å²) in [7, 11) is 0. The van der Waals surface area contributed by atoms with Crippen molar-refractivity contribution in [3.05, 3.63) is 21.6 Å². The molecule has 2 heterocycles. The van der Waals surface area contributed by atoms with Crippen molar-refractivity contribution >= 4 is 11.9 Å². The summed E-state index contributed by atoms with van der Waals surface area (Å²) in [4.78, 5) is 34.3. The first-order valence-corrected chi connectivity index (χ1v) is 10.4. The summed E-state index contributed by atoms with van der Waals surface area (Å²) < 4.78 is 5.34. The topological polar surface area (TPSA) is 87.3 Å². The van der Waals surface area contributed by atoms with Crippen molar-refractivity contribution < 1.29 is 9.53 Å². The molecule has 1 aliphatic carbocycles. The van der Waals surface area contributed by atoms with E-state index in [1.54, 1.807) is 0 Å². The summed E-state index contributed by atoms with van der Waals surface area (Å²) in [6, 6.07) is 0.291. The molecule has 1 aliphatic heterocycles. The van der Waals surface area contributed by atoms with Gasteiger partial charge in [-0.05, 0) is 26.2 Å². The van der Waals surface area contributed by atoms with E-state index in [0.717, 1.165) is 25.9 Å². The number of hydrogen-bond acceptors (Lipinski definition) is 5. The van der Waals surface area contributed by atoms with Crippen LogP contribution in [0.25, 0.3) is 0 Å². The Morgan fingerprint density at radius 1 is 1.19 bits per heavy atom. The zero-order valence-electron chi connectivity index (χ0n) is 16.4. The highest BCUT2D eigenvalue weighted by Crippen LogP contribution is 2.17. The predicted octanol–water partition coefficient (Wildman–Crippen LogP) is 2.08. The second-order valence-electron chi connectivity index (χ2n) is 7.66. The van der Waals surface area contributed by atoms with Gasteiger partial charge >= 0.3 is 0 Å². The van der Waals surface area contributed by atoms with E-state index in [1.807, 2.05) is 11.8 Å². The van der Waals surface area contributed by atoms with E-state index < -0.39 is 0 Å². The number of ether oxygens (including phenoxy) is 1. The first kappa shape index (κ1) is 19.9. The first-order valence-electron chi connectivity index (χ1n) is 10.4. The zero-order valence-corrected chi connectivity index (χ0v) is 16.4. The third kappa shape index (κ3) is 5.79. The van der Waals surface area contributed by atoms with Crippen LogP contribution >= 0.6 is 0 Å². The average molecular weight is 377 g/mol. The second kappa shape index (κ2) is 9.88. The van der Waals surface area contributed by atoms with Gasteiger partial charge in [0.15, 0.2) is 0 Å². The number of hydrogen-bond donors (Lipinski definition) is 2. The molecule has 0 aromatic carbocycles. The van der Waals surface area contributed by atoms with E-state index in [9.17, 15) is 9.59 Å². The molecule has 0 radical (unpaired) electrons. The van der Waals surface area contributed by atoms with Crippen LogP contribution in [0.3, 0.4) is 0 Å². The van der Waals surface area contributed by atoms with Crippen LogP contribution in [0.2, 0.25) is 0 Å². The number of morpholine rings is 1. The second-order valence-corrected chi connectivity index (χ2v) is 7.66. The Bertz CT molecular complexity index is 674. The number of carbonyl (C=O) groups excluding carboxylic acids is 1. The van der Waals surface area contributed by atoms with E-state index in [-0.39, 0.29) is 11.5 Å². The quantitative estimate of drug-likeness (QED) is 0.821. The van der Waals surface area contributed by atoms with E-state index in [1.165, 1.54) is 32.1 Å². The lowest BCUT2D eigenvalue weighted by molar-refractivity contribution is -0.121. The Kier molecular flexibility index (Phi) is 7.26. The van der Waals surface area contributed by atoms with Gasteiger partial charge in [-0.1, -0.05) is 32.1 Å². The molecule has 1 aromatic heterocycles. The monoisotopic (exact) mass is 376 g/mol. The Morgan fingerprint density at radius 3 is 2.52 bits per heavy atom. The minimum atomic E-state index is -0.136. The number of carbonyl (C=O) groups is 1. The molecule has 2 aliphatic rings. The van der Waals surface area contributed by atoms with Crippen LogP contribution in [0.5, 0.6) is 0 Å². The van der Waals surface area contributed by atoms with Gasteiger partial charge in [-0.15, -0.1) is 0 Å². The summed E-state index contributed by atoms with van der Waals surface area (Å²) in [5.74, 6) is 0.639. The van der Waals surface area contributed by atoms with Crippen LogP contribution < -0.4 is 15.8 Å². The highest BCUT2D eigenvalue weighted by Gasteiger charge is 2.18.